The molecule has 6 heteroatoms. The Morgan fingerprint density at radius 2 is 1.64 bits per heavy atom. The van der Waals surface area contributed by atoms with Crippen molar-refractivity contribution >= 4 is 6.09 Å². The Labute approximate surface area is 147 Å². The summed E-state index contributed by atoms with van der Waals surface area (Å²) in [5, 5.41) is 0. The fourth-order valence-electron chi connectivity index (χ4n) is 3.79. The van der Waals surface area contributed by atoms with Gasteiger partial charge in [-0.05, 0) is 33.3 Å². The normalized spacial score (nSPS) is 31.0. The number of likely N-dealkylation sites (tertiary alicyclic amines) is 1. The Bertz CT molecular complexity index is 629. The summed E-state index contributed by atoms with van der Waals surface area (Å²) in [4.78, 5) is 14.9. The molecule has 0 aromatic heterocycles. The predicted molar refractivity (Wildman–Crippen MR) is 91.4 cm³/mol. The van der Waals surface area contributed by atoms with Gasteiger partial charge in [0.2, 0.25) is 11.6 Å². The molecule has 2 aliphatic heterocycles. The van der Waals surface area contributed by atoms with Crippen molar-refractivity contribution in [3.63, 3.8) is 0 Å². The summed E-state index contributed by atoms with van der Waals surface area (Å²) in [6.07, 6.45) is -0.941. The first kappa shape index (κ1) is 18.1. The SMILES string of the molecule is CC(c1ccccc1)N1CC2(F)CCC(F)(C1)N2C(=O)OC(C)(C)C. The number of rotatable bonds is 2. The summed E-state index contributed by atoms with van der Waals surface area (Å²) < 4.78 is 36.4. The van der Waals surface area contributed by atoms with Crippen LogP contribution < -0.4 is 0 Å². The van der Waals surface area contributed by atoms with Crippen LogP contribution in [0.4, 0.5) is 13.6 Å². The number of carbonyl (C=O) groups excluding carboxylic acids is 1. The van der Waals surface area contributed by atoms with Gasteiger partial charge in [-0.15, -0.1) is 0 Å². The third-order valence-corrected chi connectivity index (χ3v) is 4.99. The maximum absolute atomic E-state index is 15.5. The largest absolute Gasteiger partial charge is 0.444 e. The first-order chi connectivity index (χ1) is 11.5. The van der Waals surface area contributed by atoms with Crippen molar-refractivity contribution in [2.45, 2.75) is 63.8 Å². The number of benzene rings is 1. The van der Waals surface area contributed by atoms with Crippen molar-refractivity contribution in [2.24, 2.45) is 0 Å². The van der Waals surface area contributed by atoms with Crippen LogP contribution in [0.25, 0.3) is 0 Å². The molecule has 138 valence electrons. The molecule has 0 aliphatic carbocycles. The Morgan fingerprint density at radius 3 is 2.12 bits per heavy atom. The quantitative estimate of drug-likeness (QED) is 0.739. The van der Waals surface area contributed by atoms with Gasteiger partial charge in [-0.25, -0.2) is 18.5 Å². The molecular formula is C19H26F2N2O2. The zero-order chi connectivity index (χ0) is 18.5. The molecule has 3 rings (SSSR count). The Hall–Kier alpha value is -1.69. The van der Waals surface area contributed by atoms with Crippen LogP contribution in [0.5, 0.6) is 0 Å². The zero-order valence-corrected chi connectivity index (χ0v) is 15.3. The number of hydrogen-bond donors (Lipinski definition) is 0. The second-order valence-electron chi connectivity index (χ2n) is 8.14. The van der Waals surface area contributed by atoms with Crippen LogP contribution in [-0.2, 0) is 4.74 Å². The molecule has 4 nitrogen and oxygen atoms in total. The lowest BCUT2D eigenvalue weighted by atomic mass is 10.0. The van der Waals surface area contributed by atoms with E-state index in [1.54, 1.807) is 25.7 Å². The fraction of sp³-hybridized carbons (Fsp3) is 0.632. The van der Waals surface area contributed by atoms with Crippen LogP contribution >= 0.6 is 0 Å². The van der Waals surface area contributed by atoms with Gasteiger partial charge in [-0.3, -0.25) is 4.90 Å². The van der Waals surface area contributed by atoms with Crippen LogP contribution in [0.3, 0.4) is 0 Å². The molecule has 3 unspecified atom stereocenters. The van der Waals surface area contributed by atoms with E-state index in [4.69, 9.17) is 4.74 Å². The smallest absolute Gasteiger partial charge is 0.415 e. The molecular weight excluding hydrogens is 326 g/mol. The molecule has 0 N–H and O–H groups in total. The second kappa shape index (κ2) is 5.94. The van der Waals surface area contributed by atoms with E-state index >= 15 is 8.78 Å². The van der Waals surface area contributed by atoms with Gasteiger partial charge < -0.3 is 4.74 Å². The number of hydrogen-bond acceptors (Lipinski definition) is 3. The van der Waals surface area contributed by atoms with Crippen LogP contribution in [0.2, 0.25) is 0 Å². The van der Waals surface area contributed by atoms with E-state index in [1.165, 1.54) is 0 Å². The molecule has 2 fully saturated rings. The minimum absolute atomic E-state index is 0.0131. The lowest BCUT2D eigenvalue weighted by Gasteiger charge is -2.48. The van der Waals surface area contributed by atoms with Gasteiger partial charge in [-0.2, -0.15) is 0 Å². The minimum atomic E-state index is -2.04. The molecule has 0 radical (unpaired) electrons. The van der Waals surface area contributed by atoms with E-state index in [0.717, 1.165) is 5.56 Å². The topological polar surface area (TPSA) is 32.8 Å². The number of nitrogens with zero attached hydrogens (tertiary/aromatic N) is 2. The van der Waals surface area contributed by atoms with Gasteiger partial charge >= 0.3 is 6.09 Å². The number of halogens is 2. The zero-order valence-electron chi connectivity index (χ0n) is 15.3. The summed E-state index contributed by atoms with van der Waals surface area (Å²) in [6, 6.07) is 9.49. The molecule has 0 spiro atoms. The maximum Gasteiger partial charge on any atom is 0.415 e. The van der Waals surface area contributed by atoms with Crippen LogP contribution in [0.1, 0.15) is 52.1 Å². The number of alkyl halides is 2. The minimum Gasteiger partial charge on any atom is -0.444 e. The summed E-state index contributed by atoms with van der Waals surface area (Å²) in [6.45, 7) is 6.97. The number of carbonyl (C=O) groups is 1. The molecule has 2 saturated heterocycles. The number of fused-ring (bicyclic) bond motifs is 2. The Balaban J connectivity index is 1.84. The third kappa shape index (κ3) is 3.36. The molecule has 2 aliphatic rings. The standard InChI is InChI=1S/C19H26F2N2O2/c1-14(15-8-6-5-7-9-15)22-12-18(20)10-11-19(21,13-22)23(18)16(24)25-17(2,3)4/h5-9,14H,10-13H2,1-4H3. The van der Waals surface area contributed by atoms with Gasteiger partial charge in [0.1, 0.15) is 5.60 Å². The van der Waals surface area contributed by atoms with Crippen molar-refractivity contribution in [1.29, 1.82) is 0 Å². The highest BCUT2D eigenvalue weighted by Gasteiger charge is 2.64. The van der Waals surface area contributed by atoms with Gasteiger partial charge in [-0.1, -0.05) is 30.3 Å². The molecule has 1 amide bonds. The van der Waals surface area contributed by atoms with Crippen molar-refractivity contribution in [1.82, 2.24) is 9.80 Å². The molecule has 0 saturated carbocycles. The van der Waals surface area contributed by atoms with Crippen molar-refractivity contribution in [2.75, 3.05) is 13.1 Å². The van der Waals surface area contributed by atoms with E-state index in [9.17, 15) is 4.79 Å². The first-order valence-corrected chi connectivity index (χ1v) is 8.74. The highest BCUT2D eigenvalue weighted by Crippen LogP contribution is 2.49. The van der Waals surface area contributed by atoms with Crippen LogP contribution in [0.15, 0.2) is 30.3 Å². The van der Waals surface area contributed by atoms with E-state index in [2.05, 4.69) is 0 Å². The van der Waals surface area contributed by atoms with Crippen LogP contribution in [-0.4, -0.2) is 46.2 Å². The van der Waals surface area contributed by atoms with Gasteiger partial charge in [0, 0.05) is 18.9 Å². The summed E-state index contributed by atoms with van der Waals surface area (Å²) in [5.41, 5.74) is 0.206. The Kier molecular flexibility index (Phi) is 4.30. The molecule has 3 atom stereocenters. The van der Waals surface area contributed by atoms with Crippen molar-refractivity contribution in [3.8, 4) is 0 Å². The highest BCUT2D eigenvalue weighted by atomic mass is 19.2. The molecule has 2 bridgehead atoms. The van der Waals surface area contributed by atoms with Crippen molar-refractivity contribution in [3.05, 3.63) is 35.9 Å². The van der Waals surface area contributed by atoms with Crippen LogP contribution in [0, 0.1) is 0 Å². The first-order valence-electron chi connectivity index (χ1n) is 8.74. The van der Waals surface area contributed by atoms with Gasteiger partial charge in [0.25, 0.3) is 0 Å². The van der Waals surface area contributed by atoms with E-state index in [0.29, 0.717) is 4.90 Å². The summed E-state index contributed by atoms with van der Waals surface area (Å²) in [7, 11) is 0. The lowest BCUT2D eigenvalue weighted by Crippen LogP contribution is -2.66. The number of ether oxygens (including phenoxy) is 1. The van der Waals surface area contributed by atoms with Gasteiger partial charge in [0.05, 0.1) is 13.1 Å². The second-order valence-corrected chi connectivity index (χ2v) is 8.14. The maximum atomic E-state index is 15.5. The summed E-state index contributed by atoms with van der Waals surface area (Å²) >= 11 is 0. The van der Waals surface area contributed by atoms with Crippen molar-refractivity contribution < 1.29 is 18.3 Å². The number of amides is 1. The fourth-order valence-corrected chi connectivity index (χ4v) is 3.79. The summed E-state index contributed by atoms with van der Waals surface area (Å²) in [5.74, 6) is -4.09. The molecule has 1 aromatic rings. The molecule has 1 aromatic carbocycles. The van der Waals surface area contributed by atoms with E-state index < -0.39 is 23.3 Å². The monoisotopic (exact) mass is 352 g/mol. The lowest BCUT2D eigenvalue weighted by molar-refractivity contribution is -0.163. The van der Waals surface area contributed by atoms with E-state index in [1.807, 2.05) is 37.3 Å². The average Bonchev–Trinajstić information content (AvgIpc) is 2.68. The predicted octanol–water partition coefficient (Wildman–Crippen LogP) is 4.43. The number of piperazine rings is 1. The van der Waals surface area contributed by atoms with Gasteiger partial charge in [0.15, 0.2) is 0 Å². The Morgan fingerprint density at radius 1 is 1.12 bits per heavy atom. The third-order valence-electron chi connectivity index (χ3n) is 4.99. The van der Waals surface area contributed by atoms with E-state index in [-0.39, 0.29) is 32.0 Å². The molecule has 2 heterocycles. The average molecular weight is 352 g/mol. The highest BCUT2D eigenvalue weighted by molar-refractivity contribution is 5.71. The molecule has 25 heavy (non-hydrogen) atoms.